The lowest BCUT2D eigenvalue weighted by atomic mass is 10.1. The first-order chi connectivity index (χ1) is 14.9. The number of anilines is 3. The summed E-state index contributed by atoms with van der Waals surface area (Å²) in [5.74, 6) is -2.16. The van der Waals surface area contributed by atoms with Crippen LogP contribution in [0.1, 0.15) is 23.3 Å². The molecule has 0 saturated carbocycles. The maximum Gasteiger partial charge on any atom is 0.276 e. The fourth-order valence-corrected chi connectivity index (χ4v) is 3.70. The van der Waals surface area contributed by atoms with E-state index in [4.69, 9.17) is 11.5 Å². The molecule has 1 amide bonds. The molecule has 1 aliphatic heterocycles. The predicted octanol–water partition coefficient (Wildman–Crippen LogP) is 3.18. The molecule has 1 atom stereocenters. The molecule has 0 unspecified atom stereocenters. The van der Waals surface area contributed by atoms with Crippen LogP contribution in [0.4, 0.5) is 25.8 Å². The maximum absolute atomic E-state index is 14.2. The summed E-state index contributed by atoms with van der Waals surface area (Å²) in [7, 11) is 0. The normalized spacial score (nSPS) is 16.2. The average Bonchev–Trinajstić information content (AvgIpc) is 2.75. The Hall–Kier alpha value is -3.59. The van der Waals surface area contributed by atoms with Crippen molar-refractivity contribution in [1.29, 1.82) is 0 Å². The number of benzene rings is 1. The summed E-state index contributed by atoms with van der Waals surface area (Å²) in [6, 6.07) is 8.14. The zero-order valence-electron chi connectivity index (χ0n) is 16.7. The van der Waals surface area contributed by atoms with Gasteiger partial charge in [-0.2, -0.15) is 0 Å². The minimum atomic E-state index is -0.778. The number of amides is 1. The van der Waals surface area contributed by atoms with E-state index in [0.29, 0.717) is 12.2 Å². The molecule has 0 radical (unpaired) electrons. The molecule has 2 aromatic heterocycles. The zero-order valence-corrected chi connectivity index (χ0v) is 16.7. The molecule has 1 aromatic carbocycles. The van der Waals surface area contributed by atoms with Gasteiger partial charge in [-0.05, 0) is 43.2 Å². The summed E-state index contributed by atoms with van der Waals surface area (Å²) >= 11 is 0. The molecular formula is C22H22F2N6O. The third-order valence-electron chi connectivity index (χ3n) is 5.21. The lowest BCUT2D eigenvalue weighted by molar-refractivity contribution is 0.102. The van der Waals surface area contributed by atoms with Crippen molar-refractivity contribution in [2.45, 2.75) is 18.9 Å². The Morgan fingerprint density at radius 2 is 1.94 bits per heavy atom. The molecule has 3 heterocycles. The van der Waals surface area contributed by atoms with Gasteiger partial charge in [0, 0.05) is 25.3 Å². The molecule has 1 aliphatic rings. The Labute approximate surface area is 178 Å². The predicted molar refractivity (Wildman–Crippen MR) is 116 cm³/mol. The molecule has 0 bridgehead atoms. The number of nitrogens with one attached hydrogen (secondary N) is 1. The van der Waals surface area contributed by atoms with Gasteiger partial charge in [0.2, 0.25) is 0 Å². The van der Waals surface area contributed by atoms with Crippen molar-refractivity contribution in [3.63, 3.8) is 0 Å². The molecule has 4 rings (SSSR count). The Bertz CT molecular complexity index is 1100. The molecule has 5 N–H and O–H groups in total. The number of carbonyl (C=O) groups excluding carboxylic acids is 1. The van der Waals surface area contributed by atoms with Crippen LogP contribution in [-0.4, -0.2) is 35.0 Å². The van der Waals surface area contributed by atoms with Gasteiger partial charge in [0.05, 0.1) is 34.5 Å². The summed E-state index contributed by atoms with van der Waals surface area (Å²) < 4.78 is 28.3. The molecule has 3 aromatic rings. The van der Waals surface area contributed by atoms with Crippen LogP contribution in [0.2, 0.25) is 0 Å². The second-order valence-corrected chi connectivity index (χ2v) is 7.43. The van der Waals surface area contributed by atoms with Crippen LogP contribution in [-0.2, 0) is 0 Å². The Morgan fingerprint density at radius 1 is 1.16 bits per heavy atom. The van der Waals surface area contributed by atoms with Crippen molar-refractivity contribution in [1.82, 2.24) is 9.97 Å². The first kappa shape index (κ1) is 20.7. The molecular weight excluding hydrogens is 402 g/mol. The van der Waals surface area contributed by atoms with Crippen molar-refractivity contribution in [2.75, 3.05) is 29.0 Å². The third kappa shape index (κ3) is 4.31. The highest BCUT2D eigenvalue weighted by molar-refractivity contribution is 6.07. The van der Waals surface area contributed by atoms with Gasteiger partial charge >= 0.3 is 0 Å². The Balaban J connectivity index is 1.65. The number of nitrogens with zero attached hydrogens (tertiary/aromatic N) is 3. The molecule has 1 saturated heterocycles. The minimum absolute atomic E-state index is 0.0247. The summed E-state index contributed by atoms with van der Waals surface area (Å²) in [5, 5.41) is 2.77. The highest BCUT2D eigenvalue weighted by Gasteiger charge is 2.22. The van der Waals surface area contributed by atoms with Gasteiger partial charge in [0.1, 0.15) is 11.6 Å². The molecule has 7 nitrogen and oxygen atoms in total. The number of nitrogen functional groups attached to an aromatic ring is 1. The van der Waals surface area contributed by atoms with E-state index in [-0.39, 0.29) is 28.7 Å². The number of hydrogen-bond donors (Lipinski definition) is 3. The number of halogens is 2. The molecule has 160 valence electrons. The second kappa shape index (κ2) is 8.65. The van der Waals surface area contributed by atoms with Crippen molar-refractivity contribution < 1.29 is 13.6 Å². The Morgan fingerprint density at radius 3 is 2.68 bits per heavy atom. The number of rotatable bonds is 4. The fraction of sp³-hybridized carbons (Fsp3) is 0.227. The zero-order chi connectivity index (χ0) is 22.0. The van der Waals surface area contributed by atoms with E-state index in [0.717, 1.165) is 37.2 Å². The van der Waals surface area contributed by atoms with Crippen molar-refractivity contribution in [3.8, 4) is 11.3 Å². The summed E-state index contributed by atoms with van der Waals surface area (Å²) in [4.78, 5) is 23.3. The summed E-state index contributed by atoms with van der Waals surface area (Å²) in [6.45, 7) is 1.47. The SMILES string of the molecule is Nc1ccc(-c2c(F)cccc2F)nc1C(=O)Nc1cnccc1N1CCC[C@H](N)C1. The van der Waals surface area contributed by atoms with Gasteiger partial charge in [0.15, 0.2) is 5.69 Å². The smallest absolute Gasteiger partial charge is 0.276 e. The minimum Gasteiger partial charge on any atom is -0.397 e. The molecule has 9 heteroatoms. The van der Waals surface area contributed by atoms with Crippen LogP contribution < -0.4 is 21.7 Å². The second-order valence-electron chi connectivity index (χ2n) is 7.43. The van der Waals surface area contributed by atoms with Crippen LogP contribution in [0.25, 0.3) is 11.3 Å². The summed E-state index contributed by atoms with van der Waals surface area (Å²) in [6.07, 6.45) is 5.06. The lowest BCUT2D eigenvalue weighted by Gasteiger charge is -2.33. The topological polar surface area (TPSA) is 110 Å². The van der Waals surface area contributed by atoms with E-state index in [1.165, 1.54) is 24.4 Å². The van der Waals surface area contributed by atoms with Gasteiger partial charge in [-0.25, -0.2) is 13.8 Å². The largest absolute Gasteiger partial charge is 0.397 e. The van der Waals surface area contributed by atoms with Gasteiger partial charge in [-0.15, -0.1) is 0 Å². The summed E-state index contributed by atoms with van der Waals surface area (Å²) in [5.41, 5.74) is 12.9. The maximum atomic E-state index is 14.2. The van der Waals surface area contributed by atoms with E-state index in [2.05, 4.69) is 20.2 Å². The van der Waals surface area contributed by atoms with Crippen molar-refractivity contribution in [3.05, 3.63) is 66.1 Å². The third-order valence-corrected chi connectivity index (χ3v) is 5.21. The average molecular weight is 424 g/mol. The van der Waals surface area contributed by atoms with Crippen molar-refractivity contribution >= 4 is 23.0 Å². The van der Waals surface area contributed by atoms with Crippen molar-refractivity contribution in [2.24, 2.45) is 5.73 Å². The number of aromatic nitrogens is 2. The van der Waals surface area contributed by atoms with Crippen LogP contribution in [0.3, 0.4) is 0 Å². The number of piperidine rings is 1. The first-order valence-electron chi connectivity index (χ1n) is 9.91. The van der Waals surface area contributed by atoms with Gasteiger partial charge in [-0.1, -0.05) is 6.07 Å². The number of nitrogens with two attached hydrogens (primary N) is 2. The number of hydrogen-bond acceptors (Lipinski definition) is 6. The molecule has 31 heavy (non-hydrogen) atoms. The van der Waals surface area contributed by atoms with E-state index in [9.17, 15) is 13.6 Å². The van der Waals surface area contributed by atoms with Crippen LogP contribution in [0.5, 0.6) is 0 Å². The van der Waals surface area contributed by atoms with Crippen LogP contribution >= 0.6 is 0 Å². The monoisotopic (exact) mass is 424 g/mol. The quantitative estimate of drug-likeness (QED) is 0.593. The molecule has 0 aliphatic carbocycles. The van der Waals surface area contributed by atoms with Gasteiger partial charge in [0.25, 0.3) is 5.91 Å². The van der Waals surface area contributed by atoms with Crippen LogP contribution in [0, 0.1) is 11.6 Å². The lowest BCUT2D eigenvalue weighted by Crippen LogP contribution is -2.43. The van der Waals surface area contributed by atoms with E-state index in [1.807, 2.05) is 0 Å². The number of pyridine rings is 2. The standard InChI is InChI=1S/C22H22F2N6O/c23-14-4-1-5-15(24)20(14)17-7-6-16(26)21(28-17)22(31)29-18-11-27-9-8-19(18)30-10-2-3-13(25)12-30/h1,4-9,11,13H,2-3,10,12,25-26H2,(H,29,31)/t13-/m0/s1. The Kier molecular flexibility index (Phi) is 5.77. The highest BCUT2D eigenvalue weighted by atomic mass is 19.1. The van der Waals surface area contributed by atoms with Gasteiger partial charge < -0.3 is 21.7 Å². The van der Waals surface area contributed by atoms with Gasteiger partial charge in [-0.3, -0.25) is 9.78 Å². The highest BCUT2D eigenvalue weighted by Crippen LogP contribution is 2.29. The van der Waals surface area contributed by atoms with Crippen LogP contribution in [0.15, 0.2) is 48.8 Å². The van der Waals surface area contributed by atoms with E-state index >= 15 is 0 Å². The fourth-order valence-electron chi connectivity index (χ4n) is 3.70. The van der Waals surface area contributed by atoms with E-state index in [1.54, 1.807) is 12.3 Å². The number of carbonyl (C=O) groups is 1. The van der Waals surface area contributed by atoms with E-state index < -0.39 is 17.5 Å². The molecule has 0 spiro atoms. The molecule has 1 fully saturated rings. The first-order valence-corrected chi connectivity index (χ1v) is 9.91.